The number of aryl methyl sites for hydroxylation is 2. The van der Waals surface area contributed by atoms with Crippen LogP contribution in [0.2, 0.25) is 0 Å². The van der Waals surface area contributed by atoms with E-state index in [4.69, 9.17) is 9.93 Å². The minimum Gasteiger partial charge on any atom is -0.443 e. The number of fused-ring (bicyclic) bond motifs is 1. The predicted octanol–water partition coefficient (Wildman–Crippen LogP) is 5.12. The highest BCUT2D eigenvalue weighted by molar-refractivity contribution is 7.24. The molecule has 4 rings (SSSR count). The van der Waals surface area contributed by atoms with Crippen LogP contribution in [0.4, 0.5) is 5.69 Å². The van der Waals surface area contributed by atoms with E-state index in [1.54, 1.807) is 0 Å². The molecule has 2 aromatic carbocycles. The average molecular weight is 335 g/mol. The van der Waals surface area contributed by atoms with E-state index in [-0.39, 0.29) is 0 Å². The van der Waals surface area contributed by atoms with Gasteiger partial charge in [-0.1, -0.05) is 30.3 Å². The Labute approximate surface area is 142 Å². The number of aromatic nitrogens is 2. The van der Waals surface area contributed by atoms with Gasteiger partial charge >= 0.3 is 0 Å². The summed E-state index contributed by atoms with van der Waals surface area (Å²) in [6.45, 7) is 4.84. The van der Waals surface area contributed by atoms with Crippen molar-refractivity contribution in [3.63, 3.8) is 0 Å². The van der Waals surface area contributed by atoms with Gasteiger partial charge in [0.15, 0.2) is 0 Å². The van der Waals surface area contributed by atoms with E-state index in [0.29, 0.717) is 0 Å². The Balaban J connectivity index is 1.81. The standard InChI is InChI=1S/C19H18N3OP/c1-12-18(13(2)24-23-12)15-8-16(20)19-17(9-15)21-11-22(19)10-14-6-4-3-5-7-14/h3-9,11H,10,20H2,1-2H3. The minimum absolute atomic E-state index is 0.743. The smallest absolute Gasteiger partial charge is 0.128 e. The molecule has 2 aromatic heterocycles. The maximum absolute atomic E-state index is 6.38. The molecule has 2 N–H and O–H groups in total. The molecule has 0 bridgehead atoms. The Morgan fingerprint density at radius 2 is 1.96 bits per heavy atom. The number of nitrogen functional groups attached to an aromatic ring is 1. The van der Waals surface area contributed by atoms with Crippen molar-refractivity contribution in [1.29, 1.82) is 0 Å². The van der Waals surface area contributed by atoms with Crippen LogP contribution in [0.25, 0.3) is 22.2 Å². The molecule has 0 aliphatic heterocycles. The van der Waals surface area contributed by atoms with E-state index in [2.05, 4.69) is 34.7 Å². The predicted molar refractivity (Wildman–Crippen MR) is 99.4 cm³/mol. The summed E-state index contributed by atoms with van der Waals surface area (Å²) in [7, 11) is 0.904. The highest BCUT2D eigenvalue weighted by Crippen LogP contribution is 2.37. The zero-order valence-electron chi connectivity index (χ0n) is 13.7. The lowest BCUT2D eigenvalue weighted by Crippen LogP contribution is -2.00. The van der Waals surface area contributed by atoms with Gasteiger partial charge in [0.25, 0.3) is 0 Å². The van der Waals surface area contributed by atoms with Crippen LogP contribution in [0.1, 0.15) is 16.6 Å². The molecule has 0 saturated heterocycles. The molecule has 4 nitrogen and oxygen atoms in total. The second-order valence-corrected chi connectivity index (χ2v) is 7.03. The van der Waals surface area contributed by atoms with Crippen molar-refractivity contribution >= 4 is 25.2 Å². The van der Waals surface area contributed by atoms with Crippen LogP contribution in [0.3, 0.4) is 0 Å². The van der Waals surface area contributed by atoms with Gasteiger partial charge in [0.05, 0.1) is 23.0 Å². The quantitative estimate of drug-likeness (QED) is 0.528. The number of anilines is 1. The van der Waals surface area contributed by atoms with E-state index in [0.717, 1.165) is 48.6 Å². The lowest BCUT2D eigenvalue weighted by atomic mass is 10.0. The number of rotatable bonds is 3. The monoisotopic (exact) mass is 335 g/mol. The van der Waals surface area contributed by atoms with Crippen LogP contribution in [-0.2, 0) is 6.54 Å². The van der Waals surface area contributed by atoms with Crippen LogP contribution in [0, 0.1) is 13.8 Å². The molecule has 0 radical (unpaired) electrons. The molecule has 0 fully saturated rings. The summed E-state index contributed by atoms with van der Waals surface area (Å²) in [5.74, 6) is 0.941. The van der Waals surface area contributed by atoms with E-state index >= 15 is 0 Å². The Bertz CT molecular complexity index is 998. The molecule has 0 atom stereocenters. The zero-order valence-corrected chi connectivity index (χ0v) is 14.5. The Morgan fingerprint density at radius 3 is 2.67 bits per heavy atom. The second kappa shape index (κ2) is 5.81. The van der Waals surface area contributed by atoms with Gasteiger partial charge in [0.1, 0.15) is 14.2 Å². The Kier molecular flexibility index (Phi) is 3.62. The van der Waals surface area contributed by atoms with Crippen molar-refractivity contribution in [2.24, 2.45) is 0 Å². The third kappa shape index (κ3) is 2.49. The molecular weight excluding hydrogens is 317 g/mol. The van der Waals surface area contributed by atoms with Gasteiger partial charge in [-0.25, -0.2) is 4.98 Å². The van der Waals surface area contributed by atoms with Gasteiger partial charge in [0.2, 0.25) is 0 Å². The molecule has 4 aromatic rings. The molecular formula is C19H18N3OP. The molecule has 2 heterocycles. The summed E-state index contributed by atoms with van der Waals surface area (Å²) < 4.78 is 7.72. The third-order valence-electron chi connectivity index (χ3n) is 4.26. The van der Waals surface area contributed by atoms with Gasteiger partial charge in [-0.2, -0.15) is 0 Å². The first-order chi connectivity index (χ1) is 11.6. The summed E-state index contributed by atoms with van der Waals surface area (Å²) in [6, 6.07) is 14.5. The van der Waals surface area contributed by atoms with Crippen molar-refractivity contribution in [3.05, 3.63) is 65.4 Å². The van der Waals surface area contributed by atoms with Crippen molar-refractivity contribution in [3.8, 4) is 11.1 Å². The molecule has 24 heavy (non-hydrogen) atoms. The topological polar surface area (TPSA) is 57.0 Å². The van der Waals surface area contributed by atoms with E-state index < -0.39 is 0 Å². The van der Waals surface area contributed by atoms with Crippen molar-refractivity contribution < 1.29 is 4.20 Å². The summed E-state index contributed by atoms with van der Waals surface area (Å²) in [5.41, 5.74) is 12.5. The molecule has 5 heteroatoms. The Hall–Kier alpha value is -2.58. The number of benzene rings is 2. The molecule has 0 aliphatic rings. The summed E-state index contributed by atoms with van der Waals surface area (Å²) in [4.78, 5) is 4.57. The fourth-order valence-electron chi connectivity index (χ4n) is 3.18. The molecule has 0 aliphatic carbocycles. The first-order valence-electron chi connectivity index (χ1n) is 7.85. The number of hydrogen-bond acceptors (Lipinski definition) is 3. The maximum atomic E-state index is 6.38. The van der Waals surface area contributed by atoms with Gasteiger partial charge < -0.3 is 14.5 Å². The first-order valence-corrected chi connectivity index (χ1v) is 8.66. The Morgan fingerprint density at radius 1 is 1.17 bits per heavy atom. The van der Waals surface area contributed by atoms with Crippen LogP contribution >= 0.6 is 8.43 Å². The van der Waals surface area contributed by atoms with Gasteiger partial charge in [-0.3, -0.25) is 0 Å². The highest BCUT2D eigenvalue weighted by Gasteiger charge is 2.15. The molecule has 0 unspecified atom stereocenters. The maximum Gasteiger partial charge on any atom is 0.128 e. The second-order valence-electron chi connectivity index (χ2n) is 5.99. The van der Waals surface area contributed by atoms with Gasteiger partial charge in [0, 0.05) is 17.4 Å². The van der Waals surface area contributed by atoms with E-state index in [1.165, 1.54) is 10.9 Å². The van der Waals surface area contributed by atoms with Crippen molar-refractivity contribution in [2.75, 3.05) is 5.73 Å². The fraction of sp³-hybridized carbons (Fsp3) is 0.158. The van der Waals surface area contributed by atoms with Crippen LogP contribution in [0.5, 0.6) is 0 Å². The van der Waals surface area contributed by atoms with Crippen LogP contribution in [0.15, 0.2) is 53.0 Å². The zero-order chi connectivity index (χ0) is 16.7. The van der Waals surface area contributed by atoms with Crippen molar-refractivity contribution in [2.45, 2.75) is 20.4 Å². The summed E-state index contributed by atoms with van der Waals surface area (Å²) in [5, 5.41) is 1.20. The fourth-order valence-corrected chi connectivity index (χ4v) is 3.92. The van der Waals surface area contributed by atoms with E-state index in [9.17, 15) is 0 Å². The van der Waals surface area contributed by atoms with Gasteiger partial charge in [-0.05, 0) is 37.1 Å². The van der Waals surface area contributed by atoms with Crippen LogP contribution in [-0.4, -0.2) is 9.55 Å². The normalized spacial score (nSPS) is 11.6. The third-order valence-corrected chi connectivity index (χ3v) is 5.12. The molecule has 120 valence electrons. The lowest BCUT2D eigenvalue weighted by molar-refractivity contribution is 0.653. The first kappa shape index (κ1) is 15.0. The SMILES string of the molecule is Cc1opc(C)c1-c1cc(N)c2c(c1)ncn2Cc1ccccc1. The molecule has 0 amide bonds. The number of hydrogen-bond donors (Lipinski definition) is 1. The van der Waals surface area contributed by atoms with E-state index in [1.807, 2.05) is 37.5 Å². The van der Waals surface area contributed by atoms with Crippen molar-refractivity contribution in [1.82, 2.24) is 9.55 Å². The van der Waals surface area contributed by atoms with Gasteiger partial charge in [-0.15, -0.1) is 0 Å². The molecule has 0 spiro atoms. The largest absolute Gasteiger partial charge is 0.443 e. The average Bonchev–Trinajstić information content (AvgIpc) is 3.12. The molecule has 0 saturated carbocycles. The lowest BCUT2D eigenvalue weighted by Gasteiger charge is -2.08. The summed E-state index contributed by atoms with van der Waals surface area (Å²) in [6.07, 6.45) is 1.86. The minimum atomic E-state index is 0.743. The number of nitrogens with two attached hydrogens (primary N) is 1. The highest BCUT2D eigenvalue weighted by atomic mass is 31.1. The number of imidazole rings is 1. The van der Waals surface area contributed by atoms with Crippen LogP contribution < -0.4 is 5.73 Å². The summed E-state index contributed by atoms with van der Waals surface area (Å²) >= 11 is 0. The number of nitrogens with zero attached hydrogens (tertiary/aromatic N) is 2.